The van der Waals surface area contributed by atoms with Gasteiger partial charge in [0, 0.05) is 13.1 Å². The Hall–Kier alpha value is -1.63. The Morgan fingerprint density at radius 2 is 1.94 bits per heavy atom. The number of nitrogens with zero attached hydrogens (tertiary/aromatic N) is 2. The van der Waals surface area contributed by atoms with Crippen LogP contribution in [0.1, 0.15) is 12.8 Å². The first kappa shape index (κ1) is 9.59. The van der Waals surface area contributed by atoms with Crippen molar-refractivity contribution in [1.29, 1.82) is 0 Å². The summed E-state index contributed by atoms with van der Waals surface area (Å²) in [6, 6.07) is 0. The largest absolute Gasteiger partial charge is 0.342 e. The summed E-state index contributed by atoms with van der Waals surface area (Å²) < 4.78 is 0.423. The maximum absolute atomic E-state index is 11.7. The molecule has 0 saturated carbocycles. The van der Waals surface area contributed by atoms with Crippen LogP contribution in [0.4, 0.5) is 5.95 Å². The molecular formula is C9H11N5OS. The van der Waals surface area contributed by atoms with Crippen molar-refractivity contribution in [2.75, 3.05) is 18.0 Å². The topological polar surface area (TPSA) is 80.6 Å². The van der Waals surface area contributed by atoms with E-state index < -0.39 is 0 Å². The Labute approximate surface area is 95.7 Å². The maximum atomic E-state index is 11.7. The van der Waals surface area contributed by atoms with Crippen molar-refractivity contribution in [3.8, 4) is 0 Å². The van der Waals surface area contributed by atoms with E-state index in [1.54, 1.807) is 0 Å². The molecule has 0 spiro atoms. The monoisotopic (exact) mass is 237 g/mol. The number of H-pyrrole nitrogens is 3. The number of aromatic nitrogens is 4. The molecular weight excluding hydrogens is 226 g/mol. The fraction of sp³-hybridized carbons (Fsp3) is 0.444. The maximum Gasteiger partial charge on any atom is 0.278 e. The molecule has 6 nitrogen and oxygen atoms in total. The molecule has 0 aliphatic carbocycles. The van der Waals surface area contributed by atoms with E-state index in [9.17, 15) is 4.79 Å². The van der Waals surface area contributed by atoms with Crippen LogP contribution in [0, 0.1) is 4.77 Å². The standard InChI is InChI=1S/C9H11N5OS/c15-7-5-6(12-9(16)10-5)11-8(13-7)14-3-1-2-4-14/h1-4H2,(H3,10,11,12,13,15,16). The van der Waals surface area contributed by atoms with Gasteiger partial charge in [-0.15, -0.1) is 0 Å². The quantitative estimate of drug-likeness (QED) is 0.644. The van der Waals surface area contributed by atoms with Crippen LogP contribution in [0.2, 0.25) is 0 Å². The molecule has 3 N–H and O–H groups in total. The number of hydrogen-bond acceptors (Lipinski definition) is 4. The first-order chi connectivity index (χ1) is 7.74. The number of imidazole rings is 1. The molecule has 2 aromatic rings. The highest BCUT2D eigenvalue weighted by molar-refractivity contribution is 7.71. The van der Waals surface area contributed by atoms with Crippen molar-refractivity contribution in [3.63, 3.8) is 0 Å². The molecule has 1 aliphatic rings. The lowest BCUT2D eigenvalue weighted by Gasteiger charge is -2.14. The molecule has 0 atom stereocenters. The van der Waals surface area contributed by atoms with E-state index in [0.29, 0.717) is 21.9 Å². The van der Waals surface area contributed by atoms with Gasteiger partial charge in [0.15, 0.2) is 10.4 Å². The average molecular weight is 237 g/mol. The lowest BCUT2D eigenvalue weighted by molar-refractivity contribution is 0.898. The highest BCUT2D eigenvalue weighted by Crippen LogP contribution is 2.15. The third-order valence-electron chi connectivity index (χ3n) is 2.78. The van der Waals surface area contributed by atoms with Crippen molar-refractivity contribution in [2.24, 2.45) is 0 Å². The number of nitrogens with one attached hydrogen (secondary N) is 3. The summed E-state index contributed by atoms with van der Waals surface area (Å²) in [5.41, 5.74) is 0.753. The Morgan fingerprint density at radius 1 is 1.19 bits per heavy atom. The molecule has 0 radical (unpaired) electrons. The lowest BCUT2D eigenvalue weighted by Crippen LogP contribution is -2.23. The smallest absolute Gasteiger partial charge is 0.278 e. The normalized spacial score (nSPS) is 16.1. The Balaban J connectivity index is 2.20. The van der Waals surface area contributed by atoms with E-state index in [2.05, 4.69) is 24.8 Å². The van der Waals surface area contributed by atoms with Crippen molar-refractivity contribution >= 4 is 29.3 Å². The molecule has 84 valence electrons. The van der Waals surface area contributed by atoms with Gasteiger partial charge in [-0.05, 0) is 25.1 Å². The van der Waals surface area contributed by atoms with Crippen molar-refractivity contribution in [1.82, 2.24) is 19.9 Å². The summed E-state index contributed by atoms with van der Waals surface area (Å²) >= 11 is 4.93. The van der Waals surface area contributed by atoms with Gasteiger partial charge in [-0.2, -0.15) is 4.98 Å². The van der Waals surface area contributed by atoms with Gasteiger partial charge in [-0.3, -0.25) is 9.78 Å². The highest BCUT2D eigenvalue weighted by atomic mass is 32.1. The summed E-state index contributed by atoms with van der Waals surface area (Å²) in [6.07, 6.45) is 2.29. The fourth-order valence-corrected chi connectivity index (χ4v) is 2.20. The van der Waals surface area contributed by atoms with Crippen LogP contribution in [0.25, 0.3) is 11.2 Å². The average Bonchev–Trinajstić information content (AvgIpc) is 2.84. The molecule has 0 aromatic carbocycles. The number of fused-ring (bicyclic) bond motifs is 1. The van der Waals surface area contributed by atoms with E-state index in [1.807, 2.05) is 0 Å². The summed E-state index contributed by atoms with van der Waals surface area (Å²) in [7, 11) is 0. The number of anilines is 1. The van der Waals surface area contributed by atoms with E-state index in [0.717, 1.165) is 25.9 Å². The van der Waals surface area contributed by atoms with Crippen molar-refractivity contribution in [3.05, 3.63) is 15.1 Å². The highest BCUT2D eigenvalue weighted by Gasteiger charge is 2.16. The van der Waals surface area contributed by atoms with Crippen LogP contribution in [-0.2, 0) is 0 Å². The second-order valence-electron chi connectivity index (χ2n) is 3.89. The van der Waals surface area contributed by atoms with Gasteiger partial charge in [0.1, 0.15) is 5.52 Å². The Kier molecular flexibility index (Phi) is 2.06. The summed E-state index contributed by atoms with van der Waals surface area (Å²) in [6.45, 7) is 1.89. The molecule has 2 aromatic heterocycles. The van der Waals surface area contributed by atoms with Gasteiger partial charge in [0.25, 0.3) is 5.56 Å². The first-order valence-corrected chi connectivity index (χ1v) is 5.62. The first-order valence-electron chi connectivity index (χ1n) is 5.21. The Morgan fingerprint density at radius 3 is 2.69 bits per heavy atom. The number of hydrogen-bond donors (Lipinski definition) is 3. The van der Waals surface area contributed by atoms with Crippen LogP contribution < -0.4 is 10.5 Å². The molecule has 16 heavy (non-hydrogen) atoms. The fourth-order valence-electron chi connectivity index (χ4n) is 2.00. The van der Waals surface area contributed by atoms with E-state index >= 15 is 0 Å². The number of rotatable bonds is 1. The van der Waals surface area contributed by atoms with E-state index in [1.165, 1.54) is 0 Å². The minimum absolute atomic E-state index is 0.181. The minimum atomic E-state index is -0.181. The second-order valence-corrected chi connectivity index (χ2v) is 4.29. The SMILES string of the molecule is O=c1[nH]c(N2CCCC2)nc2[nH]c(=S)[nH]c12. The lowest BCUT2D eigenvalue weighted by atomic mass is 10.4. The Bertz CT molecular complexity index is 633. The molecule has 0 bridgehead atoms. The molecule has 7 heteroatoms. The molecule has 0 unspecified atom stereocenters. The molecule has 3 heterocycles. The van der Waals surface area contributed by atoms with Crippen molar-refractivity contribution in [2.45, 2.75) is 12.8 Å². The second kappa shape index (κ2) is 3.44. The zero-order chi connectivity index (χ0) is 11.1. The van der Waals surface area contributed by atoms with Gasteiger partial charge in [-0.25, -0.2) is 0 Å². The summed E-state index contributed by atoms with van der Waals surface area (Å²) in [5, 5.41) is 0. The van der Waals surface area contributed by atoms with Gasteiger partial charge in [-0.1, -0.05) is 0 Å². The minimum Gasteiger partial charge on any atom is -0.342 e. The zero-order valence-electron chi connectivity index (χ0n) is 8.54. The van der Waals surface area contributed by atoms with E-state index in [4.69, 9.17) is 12.2 Å². The summed E-state index contributed by atoms with van der Waals surface area (Å²) in [5.74, 6) is 0.625. The predicted octanol–water partition coefficient (Wildman–Crippen LogP) is 0.909. The van der Waals surface area contributed by atoms with E-state index in [-0.39, 0.29) is 5.56 Å². The molecule has 1 fully saturated rings. The molecule has 0 amide bonds. The third-order valence-corrected chi connectivity index (χ3v) is 2.99. The van der Waals surface area contributed by atoms with Crippen LogP contribution >= 0.6 is 12.2 Å². The molecule has 3 rings (SSSR count). The number of aromatic amines is 3. The van der Waals surface area contributed by atoms with Gasteiger partial charge >= 0.3 is 0 Å². The van der Waals surface area contributed by atoms with Crippen LogP contribution in [0.5, 0.6) is 0 Å². The van der Waals surface area contributed by atoms with Gasteiger partial charge in [0.2, 0.25) is 5.95 Å². The molecule has 1 saturated heterocycles. The van der Waals surface area contributed by atoms with Gasteiger partial charge < -0.3 is 14.9 Å². The molecule has 1 aliphatic heterocycles. The van der Waals surface area contributed by atoms with Gasteiger partial charge in [0.05, 0.1) is 0 Å². The summed E-state index contributed by atoms with van der Waals surface area (Å²) in [4.78, 5) is 26.6. The van der Waals surface area contributed by atoms with Crippen LogP contribution in [0.15, 0.2) is 4.79 Å². The van der Waals surface area contributed by atoms with Crippen LogP contribution in [-0.4, -0.2) is 33.0 Å². The van der Waals surface area contributed by atoms with Crippen LogP contribution in [0.3, 0.4) is 0 Å². The zero-order valence-corrected chi connectivity index (χ0v) is 9.36. The third kappa shape index (κ3) is 1.44. The predicted molar refractivity (Wildman–Crippen MR) is 63.3 cm³/mol. The van der Waals surface area contributed by atoms with Crippen molar-refractivity contribution < 1.29 is 0 Å².